The van der Waals surface area contributed by atoms with Crippen LogP contribution in [-0.4, -0.2) is 28.8 Å². The zero-order valence-corrected chi connectivity index (χ0v) is 17.3. The molecule has 1 saturated heterocycles. The Balaban J connectivity index is 1.37. The molecule has 0 spiro atoms. The lowest BCUT2D eigenvalue weighted by atomic mass is 9.80. The van der Waals surface area contributed by atoms with E-state index in [9.17, 15) is 5.11 Å². The quantitative estimate of drug-likeness (QED) is 0.753. The summed E-state index contributed by atoms with van der Waals surface area (Å²) in [7, 11) is 0. The third kappa shape index (κ3) is 3.92. The Morgan fingerprint density at radius 3 is 2.21 bits per heavy atom. The lowest BCUT2D eigenvalue weighted by Gasteiger charge is -2.33. The zero-order chi connectivity index (χ0) is 19.7. The predicted molar refractivity (Wildman–Crippen MR) is 112 cm³/mol. The van der Waals surface area contributed by atoms with Gasteiger partial charge < -0.3 is 9.94 Å². The molecular formula is C22H24Cl2N2O2. The van der Waals surface area contributed by atoms with E-state index in [1.807, 2.05) is 19.1 Å². The molecule has 2 heterocycles. The van der Waals surface area contributed by atoms with Crippen LogP contribution in [0.5, 0.6) is 0 Å². The highest BCUT2D eigenvalue weighted by Gasteiger charge is 2.48. The van der Waals surface area contributed by atoms with Gasteiger partial charge >= 0.3 is 0 Å². The molecule has 0 aliphatic carbocycles. The molecule has 2 aromatic rings. The zero-order valence-electron chi connectivity index (χ0n) is 15.8. The van der Waals surface area contributed by atoms with Crippen LogP contribution in [0.15, 0.2) is 53.7 Å². The van der Waals surface area contributed by atoms with E-state index >= 15 is 0 Å². The van der Waals surface area contributed by atoms with Crippen LogP contribution in [0, 0.1) is 11.8 Å². The van der Waals surface area contributed by atoms with Gasteiger partial charge in [0.15, 0.2) is 0 Å². The summed E-state index contributed by atoms with van der Waals surface area (Å²) >= 11 is 11.9. The van der Waals surface area contributed by atoms with E-state index in [2.05, 4.69) is 22.2 Å². The molecule has 2 atom stereocenters. The van der Waals surface area contributed by atoms with Crippen LogP contribution in [0.3, 0.4) is 0 Å². The maximum absolute atomic E-state index is 11.1. The summed E-state index contributed by atoms with van der Waals surface area (Å²) in [6, 6.07) is 15.2. The number of halogens is 2. The van der Waals surface area contributed by atoms with Gasteiger partial charge in [-0.15, -0.1) is 0 Å². The molecule has 0 aromatic heterocycles. The first-order valence-corrected chi connectivity index (χ1v) is 10.4. The Morgan fingerprint density at radius 2 is 1.61 bits per heavy atom. The van der Waals surface area contributed by atoms with Crippen molar-refractivity contribution in [1.82, 2.24) is 4.90 Å². The first kappa shape index (κ1) is 19.7. The van der Waals surface area contributed by atoms with Gasteiger partial charge in [-0.3, -0.25) is 4.90 Å². The summed E-state index contributed by atoms with van der Waals surface area (Å²) in [4.78, 5) is 8.00. The highest BCUT2D eigenvalue weighted by atomic mass is 35.5. The molecule has 1 fully saturated rings. The summed E-state index contributed by atoms with van der Waals surface area (Å²) in [6.45, 7) is 4.91. The Hall–Kier alpha value is -1.59. The van der Waals surface area contributed by atoms with Crippen molar-refractivity contribution in [2.24, 2.45) is 17.0 Å². The van der Waals surface area contributed by atoms with E-state index in [0.29, 0.717) is 16.5 Å². The summed E-state index contributed by atoms with van der Waals surface area (Å²) in [6.07, 6.45) is 2.02. The smallest absolute Gasteiger partial charge is 0.268 e. The number of oxime groups is 1. The standard InChI is InChI=1S/C22H24Cl2N2O2/c1-15-21(25-28-22(15,27)18-4-8-20(24)9-5-18)17-10-12-26(13-11-17)14-16-2-6-19(23)7-3-16/h2-9,15,17,27H,10-14H2,1H3. The highest BCUT2D eigenvalue weighted by molar-refractivity contribution is 6.30. The maximum atomic E-state index is 11.1. The van der Waals surface area contributed by atoms with E-state index in [4.69, 9.17) is 28.0 Å². The largest absolute Gasteiger partial charge is 0.355 e. The first-order chi connectivity index (χ1) is 13.5. The van der Waals surface area contributed by atoms with Gasteiger partial charge in [0.25, 0.3) is 5.79 Å². The molecule has 0 radical (unpaired) electrons. The molecule has 6 heteroatoms. The number of piperidine rings is 1. The van der Waals surface area contributed by atoms with Crippen LogP contribution < -0.4 is 0 Å². The number of hydrogen-bond donors (Lipinski definition) is 1. The molecule has 2 aliphatic heterocycles. The maximum Gasteiger partial charge on any atom is 0.268 e. The third-order valence-electron chi connectivity index (χ3n) is 5.90. The third-order valence-corrected chi connectivity index (χ3v) is 6.41. The topological polar surface area (TPSA) is 45.1 Å². The summed E-state index contributed by atoms with van der Waals surface area (Å²) in [5, 5.41) is 16.8. The first-order valence-electron chi connectivity index (χ1n) is 9.67. The van der Waals surface area contributed by atoms with Gasteiger partial charge in [-0.1, -0.05) is 59.5 Å². The van der Waals surface area contributed by atoms with Crippen molar-refractivity contribution >= 4 is 28.9 Å². The van der Waals surface area contributed by atoms with E-state index in [0.717, 1.165) is 43.2 Å². The fourth-order valence-corrected chi connectivity index (χ4v) is 4.39. The van der Waals surface area contributed by atoms with Crippen LogP contribution in [-0.2, 0) is 17.2 Å². The van der Waals surface area contributed by atoms with Gasteiger partial charge in [-0.2, -0.15) is 0 Å². The number of rotatable bonds is 4. The Morgan fingerprint density at radius 1 is 1.04 bits per heavy atom. The van der Waals surface area contributed by atoms with E-state index < -0.39 is 5.79 Å². The van der Waals surface area contributed by atoms with Crippen LogP contribution >= 0.6 is 23.2 Å². The van der Waals surface area contributed by atoms with Crippen molar-refractivity contribution in [3.8, 4) is 0 Å². The Bertz CT molecular complexity index is 846. The molecule has 0 amide bonds. The van der Waals surface area contributed by atoms with Crippen molar-refractivity contribution in [3.05, 3.63) is 69.7 Å². The molecule has 1 N–H and O–H groups in total. The molecule has 4 nitrogen and oxygen atoms in total. The average Bonchev–Trinajstić information content (AvgIpc) is 3.01. The number of hydrogen-bond acceptors (Lipinski definition) is 4. The van der Waals surface area contributed by atoms with E-state index in [1.165, 1.54) is 5.56 Å². The van der Waals surface area contributed by atoms with Crippen LogP contribution in [0.4, 0.5) is 0 Å². The summed E-state index contributed by atoms with van der Waals surface area (Å²) in [5.74, 6) is -1.28. The van der Waals surface area contributed by atoms with E-state index in [1.54, 1.807) is 24.3 Å². The minimum Gasteiger partial charge on any atom is -0.355 e. The fraction of sp³-hybridized carbons (Fsp3) is 0.409. The molecular weight excluding hydrogens is 395 g/mol. The van der Waals surface area contributed by atoms with Crippen LogP contribution in [0.1, 0.15) is 30.9 Å². The van der Waals surface area contributed by atoms with Gasteiger partial charge in [-0.25, -0.2) is 0 Å². The SMILES string of the molecule is CC1C(C2CCN(Cc3ccc(Cl)cc3)CC2)=NOC1(O)c1ccc(Cl)cc1. The number of aliphatic hydroxyl groups is 1. The van der Waals surface area contributed by atoms with Gasteiger partial charge in [0, 0.05) is 28.1 Å². The molecule has 2 aliphatic rings. The van der Waals surface area contributed by atoms with Gasteiger partial charge in [-0.05, 0) is 55.8 Å². The molecule has 0 bridgehead atoms. The summed E-state index contributed by atoms with van der Waals surface area (Å²) in [5.41, 5.74) is 2.92. The lowest BCUT2D eigenvalue weighted by molar-refractivity contribution is -0.214. The van der Waals surface area contributed by atoms with Crippen molar-refractivity contribution < 1.29 is 9.94 Å². The molecule has 28 heavy (non-hydrogen) atoms. The second-order valence-corrected chi connectivity index (χ2v) is 8.58. The molecule has 4 rings (SSSR count). The number of likely N-dealkylation sites (tertiary alicyclic amines) is 1. The monoisotopic (exact) mass is 418 g/mol. The Labute approximate surface area is 175 Å². The van der Waals surface area contributed by atoms with Crippen molar-refractivity contribution in [1.29, 1.82) is 0 Å². The number of benzene rings is 2. The van der Waals surface area contributed by atoms with Gasteiger partial charge in [0.2, 0.25) is 0 Å². The predicted octanol–water partition coefficient (Wildman–Crippen LogP) is 5.07. The van der Waals surface area contributed by atoms with Crippen LogP contribution in [0.2, 0.25) is 10.0 Å². The van der Waals surface area contributed by atoms with E-state index in [-0.39, 0.29) is 5.92 Å². The molecule has 2 aromatic carbocycles. The van der Waals surface area contributed by atoms with Crippen molar-refractivity contribution in [3.63, 3.8) is 0 Å². The second kappa shape index (κ2) is 8.03. The fourth-order valence-electron chi connectivity index (χ4n) is 4.14. The van der Waals surface area contributed by atoms with Crippen molar-refractivity contribution in [2.75, 3.05) is 13.1 Å². The minimum atomic E-state index is -1.42. The Kier molecular flexibility index (Phi) is 5.66. The summed E-state index contributed by atoms with van der Waals surface area (Å²) < 4.78 is 0. The molecule has 0 saturated carbocycles. The van der Waals surface area contributed by atoms with Crippen molar-refractivity contribution in [2.45, 2.75) is 32.1 Å². The molecule has 148 valence electrons. The minimum absolute atomic E-state index is 0.193. The van der Waals surface area contributed by atoms with Crippen LogP contribution in [0.25, 0.3) is 0 Å². The highest BCUT2D eigenvalue weighted by Crippen LogP contribution is 2.41. The lowest BCUT2D eigenvalue weighted by Crippen LogP contribution is -2.40. The molecule has 2 unspecified atom stereocenters. The average molecular weight is 419 g/mol. The van der Waals surface area contributed by atoms with Gasteiger partial charge in [0.1, 0.15) is 0 Å². The number of nitrogens with zero attached hydrogens (tertiary/aromatic N) is 2. The normalized spacial score (nSPS) is 26.1. The van der Waals surface area contributed by atoms with Gasteiger partial charge in [0.05, 0.1) is 11.6 Å². The second-order valence-electron chi connectivity index (χ2n) is 7.71.